The van der Waals surface area contributed by atoms with E-state index in [9.17, 15) is 4.79 Å². The van der Waals surface area contributed by atoms with Gasteiger partial charge in [-0.05, 0) is 43.5 Å². The Balaban J connectivity index is 1.28. The number of hydrogen-bond donors (Lipinski definition) is 0. The van der Waals surface area contributed by atoms with Crippen LogP contribution in [0.2, 0.25) is 0 Å². The number of likely N-dealkylation sites (tertiary alicyclic amines) is 1. The number of nitrogens with zero attached hydrogens (tertiary/aromatic N) is 6. The molecule has 1 aromatic carbocycles. The summed E-state index contributed by atoms with van der Waals surface area (Å²) >= 11 is 0. The van der Waals surface area contributed by atoms with Gasteiger partial charge in [-0.25, -0.2) is 9.78 Å². The van der Waals surface area contributed by atoms with E-state index < -0.39 is 0 Å². The lowest BCUT2D eigenvalue weighted by atomic mass is 9.82. The predicted molar refractivity (Wildman–Crippen MR) is 148 cm³/mol. The molecule has 3 aliphatic rings. The summed E-state index contributed by atoms with van der Waals surface area (Å²) in [5.41, 5.74) is 4.23. The van der Waals surface area contributed by atoms with Gasteiger partial charge in [-0.2, -0.15) is 0 Å². The fraction of sp³-hybridized carbons (Fsp3) is 0.433. The van der Waals surface area contributed by atoms with Gasteiger partial charge in [0.15, 0.2) is 5.82 Å². The molecule has 9 nitrogen and oxygen atoms in total. The van der Waals surface area contributed by atoms with Crippen molar-refractivity contribution < 1.29 is 14.3 Å². The van der Waals surface area contributed by atoms with E-state index in [1.54, 1.807) is 32.8 Å². The number of likely N-dealkylation sites (N-methyl/N-ethyl adjacent to an activating group) is 1. The summed E-state index contributed by atoms with van der Waals surface area (Å²) in [6.45, 7) is 8.12. The van der Waals surface area contributed by atoms with Crippen LogP contribution < -0.4 is 9.47 Å². The van der Waals surface area contributed by atoms with Gasteiger partial charge in [0.2, 0.25) is 0 Å². The third-order valence-corrected chi connectivity index (χ3v) is 8.61. The third kappa shape index (κ3) is 4.16. The summed E-state index contributed by atoms with van der Waals surface area (Å²) in [5.74, 6) is 2.49. The molecule has 39 heavy (non-hydrogen) atoms. The maximum absolute atomic E-state index is 13.9. The molecule has 0 unspecified atom stereocenters. The molecule has 6 rings (SSSR count). The molecule has 0 bridgehead atoms. The van der Waals surface area contributed by atoms with E-state index >= 15 is 0 Å². The van der Waals surface area contributed by atoms with Crippen molar-refractivity contribution in [2.75, 3.05) is 33.9 Å². The van der Waals surface area contributed by atoms with Crippen LogP contribution in [0, 0.1) is 0 Å². The summed E-state index contributed by atoms with van der Waals surface area (Å²) in [5, 5.41) is 0. The molecule has 5 heterocycles. The number of fused-ring (bicyclic) bond motifs is 3. The van der Waals surface area contributed by atoms with Crippen LogP contribution in [0.25, 0.3) is 5.82 Å². The average Bonchev–Trinajstić information content (AvgIpc) is 3.45. The number of benzene rings is 1. The summed E-state index contributed by atoms with van der Waals surface area (Å²) in [6.07, 6.45) is 11.3. The van der Waals surface area contributed by atoms with Crippen molar-refractivity contribution in [3.63, 3.8) is 0 Å². The van der Waals surface area contributed by atoms with Crippen molar-refractivity contribution in [2.45, 2.75) is 51.2 Å². The second kappa shape index (κ2) is 10.0. The van der Waals surface area contributed by atoms with Gasteiger partial charge in [-0.15, -0.1) is 0 Å². The van der Waals surface area contributed by atoms with Crippen molar-refractivity contribution in [1.29, 1.82) is 0 Å². The zero-order valence-corrected chi connectivity index (χ0v) is 23.1. The van der Waals surface area contributed by atoms with Crippen LogP contribution in [0.1, 0.15) is 49.4 Å². The van der Waals surface area contributed by atoms with Crippen molar-refractivity contribution in [3.8, 4) is 17.3 Å². The lowest BCUT2D eigenvalue weighted by Crippen LogP contribution is -2.53. The molecule has 0 saturated carbocycles. The normalized spacial score (nSPS) is 20.5. The molecule has 2 aromatic heterocycles. The molecule has 9 heteroatoms. The second-order valence-corrected chi connectivity index (χ2v) is 10.6. The lowest BCUT2D eigenvalue weighted by Gasteiger charge is -2.44. The zero-order valence-electron chi connectivity index (χ0n) is 23.1. The Hall–Kier alpha value is -3.85. The summed E-state index contributed by atoms with van der Waals surface area (Å²) in [6, 6.07) is 8.28. The predicted octanol–water partition coefficient (Wildman–Crippen LogP) is 4.58. The van der Waals surface area contributed by atoms with E-state index in [1.807, 2.05) is 17.2 Å². The number of allylic oxidation sites excluding steroid dienone is 1. The lowest BCUT2D eigenvalue weighted by molar-refractivity contribution is 0.0879. The molecule has 2 saturated heterocycles. The maximum Gasteiger partial charge on any atom is 0.325 e. The number of aromatic nitrogens is 3. The topological polar surface area (TPSA) is 76.0 Å². The molecular weight excluding hydrogens is 492 g/mol. The van der Waals surface area contributed by atoms with E-state index in [0.29, 0.717) is 13.1 Å². The molecule has 0 radical (unpaired) electrons. The average molecular weight is 529 g/mol. The second-order valence-electron chi connectivity index (χ2n) is 10.6. The standard InChI is InChI=1S/C30H36N6O3/c1-5-36-29(37)35-19-22-16-24(38-3)17-25(39-4)28(22)21(2)15-26(35)30(36)8-13-33(14-9-30)20-23-7-6-12-34(23)27-18-31-10-11-32-27/h6-7,10-12,15-18,21H,5,8-9,13-14,19-20H2,1-4H3/t21-/m0/s1. The van der Waals surface area contributed by atoms with Crippen LogP contribution >= 0.6 is 0 Å². The van der Waals surface area contributed by atoms with Crippen molar-refractivity contribution >= 4 is 6.03 Å². The minimum absolute atomic E-state index is 0.0931. The minimum Gasteiger partial charge on any atom is -0.497 e. The molecule has 2 amide bonds. The van der Waals surface area contributed by atoms with Crippen LogP contribution in [-0.4, -0.2) is 74.7 Å². The summed E-state index contributed by atoms with van der Waals surface area (Å²) in [7, 11) is 3.36. The van der Waals surface area contributed by atoms with Crippen LogP contribution in [0.3, 0.4) is 0 Å². The van der Waals surface area contributed by atoms with Gasteiger partial charge in [0, 0.05) is 73.7 Å². The number of carbonyl (C=O) groups excluding carboxylic acids is 1. The highest BCUT2D eigenvalue weighted by atomic mass is 16.5. The van der Waals surface area contributed by atoms with E-state index in [0.717, 1.165) is 66.6 Å². The Morgan fingerprint density at radius 2 is 1.95 bits per heavy atom. The number of amides is 2. The summed E-state index contributed by atoms with van der Waals surface area (Å²) in [4.78, 5) is 29.2. The van der Waals surface area contributed by atoms with Crippen LogP contribution in [0.4, 0.5) is 4.79 Å². The molecule has 204 valence electrons. The zero-order chi connectivity index (χ0) is 27.1. The smallest absolute Gasteiger partial charge is 0.325 e. The van der Waals surface area contributed by atoms with Crippen LogP contribution in [0.5, 0.6) is 11.5 Å². The van der Waals surface area contributed by atoms with E-state index in [4.69, 9.17) is 9.47 Å². The van der Waals surface area contributed by atoms with Gasteiger partial charge in [-0.3, -0.25) is 14.8 Å². The first-order valence-corrected chi connectivity index (χ1v) is 13.7. The quantitative estimate of drug-likeness (QED) is 0.466. The largest absolute Gasteiger partial charge is 0.497 e. The van der Waals surface area contributed by atoms with Gasteiger partial charge in [0.1, 0.15) is 11.5 Å². The van der Waals surface area contributed by atoms with Gasteiger partial charge in [0.05, 0.1) is 32.5 Å². The Morgan fingerprint density at radius 3 is 2.64 bits per heavy atom. The number of rotatable bonds is 6. The Kier molecular flexibility index (Phi) is 6.54. The van der Waals surface area contributed by atoms with Gasteiger partial charge >= 0.3 is 6.03 Å². The number of urea groups is 1. The fourth-order valence-electron chi connectivity index (χ4n) is 6.76. The van der Waals surface area contributed by atoms with Gasteiger partial charge in [0.25, 0.3) is 0 Å². The van der Waals surface area contributed by atoms with E-state index in [2.05, 4.69) is 62.5 Å². The highest BCUT2D eigenvalue weighted by Crippen LogP contribution is 2.49. The molecule has 0 aliphatic carbocycles. The number of piperidine rings is 1. The molecule has 3 aromatic rings. The number of ether oxygens (including phenoxy) is 2. The number of carbonyl (C=O) groups is 1. The third-order valence-electron chi connectivity index (χ3n) is 8.61. The Bertz CT molecular complexity index is 1390. The molecular formula is C30H36N6O3. The molecule has 1 spiro atoms. The van der Waals surface area contributed by atoms with E-state index in [1.165, 1.54) is 5.69 Å². The molecule has 2 fully saturated rings. The van der Waals surface area contributed by atoms with Crippen LogP contribution in [-0.2, 0) is 13.1 Å². The van der Waals surface area contributed by atoms with Crippen molar-refractivity contribution in [3.05, 3.63) is 77.6 Å². The Morgan fingerprint density at radius 1 is 1.13 bits per heavy atom. The number of methoxy groups -OCH3 is 2. The number of hydrogen-bond acceptors (Lipinski definition) is 6. The first-order valence-electron chi connectivity index (χ1n) is 13.7. The SMILES string of the molecule is CCN1C(=O)N2Cc3cc(OC)cc(OC)c3[C@@H](C)C=C2C12CCN(Cc1cccn1-c1cnccn1)CC2. The monoisotopic (exact) mass is 528 g/mol. The highest BCUT2D eigenvalue weighted by Gasteiger charge is 2.54. The van der Waals surface area contributed by atoms with Crippen molar-refractivity contribution in [2.24, 2.45) is 0 Å². The maximum atomic E-state index is 13.9. The van der Waals surface area contributed by atoms with Gasteiger partial charge in [-0.1, -0.05) is 13.0 Å². The molecule has 0 N–H and O–H groups in total. The summed E-state index contributed by atoms with van der Waals surface area (Å²) < 4.78 is 13.4. The highest BCUT2D eigenvalue weighted by molar-refractivity contribution is 5.83. The first-order chi connectivity index (χ1) is 19.0. The van der Waals surface area contributed by atoms with E-state index in [-0.39, 0.29) is 17.5 Å². The first kappa shape index (κ1) is 25.4. The van der Waals surface area contributed by atoms with Crippen LogP contribution in [0.15, 0.2) is 60.8 Å². The van der Waals surface area contributed by atoms with Gasteiger partial charge < -0.3 is 18.9 Å². The Labute approximate surface area is 229 Å². The fourth-order valence-corrected chi connectivity index (χ4v) is 6.76. The minimum atomic E-state index is -0.303. The molecule has 3 aliphatic heterocycles. The molecule has 1 atom stereocenters. The van der Waals surface area contributed by atoms with Crippen molar-refractivity contribution in [1.82, 2.24) is 29.2 Å².